The van der Waals surface area contributed by atoms with E-state index in [1.165, 1.54) is 0 Å². The molecule has 1 aromatic carbocycles. The standard InChI is InChI=1S/C17H20ClNO4/c18-12-3-1-11(2-4-12)17(5-7-23-8-6-17)10-19-15(20)13-9-14(13)16(21)22/h1-4,13-14H,5-10H2,(H,19,20)(H,21,22). The van der Waals surface area contributed by atoms with Gasteiger partial charge in [-0.3, -0.25) is 9.59 Å². The van der Waals surface area contributed by atoms with E-state index in [9.17, 15) is 9.59 Å². The number of halogens is 1. The molecule has 1 amide bonds. The third-order valence-electron chi connectivity index (χ3n) is 4.95. The lowest BCUT2D eigenvalue weighted by Gasteiger charge is -2.38. The fourth-order valence-corrected chi connectivity index (χ4v) is 3.40. The van der Waals surface area contributed by atoms with Gasteiger partial charge in [0.15, 0.2) is 0 Å². The molecule has 0 spiro atoms. The van der Waals surface area contributed by atoms with Crippen molar-refractivity contribution in [3.05, 3.63) is 34.9 Å². The maximum atomic E-state index is 12.2. The Bertz CT molecular complexity index is 595. The lowest BCUT2D eigenvalue weighted by Crippen LogP contribution is -2.45. The van der Waals surface area contributed by atoms with Crippen LogP contribution in [0, 0.1) is 11.8 Å². The van der Waals surface area contributed by atoms with Crippen LogP contribution in [0.25, 0.3) is 0 Å². The number of carboxylic acids is 1. The van der Waals surface area contributed by atoms with Crippen LogP contribution in [0.4, 0.5) is 0 Å². The number of carboxylic acid groups (broad SMARTS) is 1. The number of carbonyl (C=O) groups is 2. The normalized spacial score (nSPS) is 25.6. The summed E-state index contributed by atoms with van der Waals surface area (Å²) in [6, 6.07) is 7.71. The molecule has 1 aromatic rings. The van der Waals surface area contributed by atoms with Gasteiger partial charge in [-0.25, -0.2) is 0 Å². The highest BCUT2D eigenvalue weighted by molar-refractivity contribution is 6.30. The zero-order valence-electron chi connectivity index (χ0n) is 12.8. The summed E-state index contributed by atoms with van der Waals surface area (Å²) in [5, 5.41) is 12.6. The molecule has 124 valence electrons. The molecule has 1 saturated heterocycles. The van der Waals surface area contributed by atoms with E-state index in [1.54, 1.807) is 0 Å². The van der Waals surface area contributed by atoms with Gasteiger partial charge in [0.25, 0.3) is 0 Å². The molecule has 3 rings (SSSR count). The van der Waals surface area contributed by atoms with Crippen molar-refractivity contribution in [1.82, 2.24) is 5.32 Å². The highest BCUT2D eigenvalue weighted by Crippen LogP contribution is 2.39. The zero-order chi connectivity index (χ0) is 16.4. The fourth-order valence-electron chi connectivity index (χ4n) is 3.28. The number of hydrogen-bond acceptors (Lipinski definition) is 3. The van der Waals surface area contributed by atoms with Crippen LogP contribution in [-0.2, 0) is 19.7 Å². The van der Waals surface area contributed by atoms with Crippen LogP contribution in [-0.4, -0.2) is 36.7 Å². The van der Waals surface area contributed by atoms with E-state index in [4.69, 9.17) is 21.4 Å². The van der Waals surface area contributed by atoms with Crippen molar-refractivity contribution in [1.29, 1.82) is 0 Å². The molecule has 1 saturated carbocycles. The predicted octanol–water partition coefficient (Wildman–Crippen LogP) is 2.23. The van der Waals surface area contributed by atoms with Gasteiger partial charge in [0.2, 0.25) is 5.91 Å². The molecule has 2 atom stereocenters. The van der Waals surface area contributed by atoms with Crippen LogP contribution in [0.1, 0.15) is 24.8 Å². The van der Waals surface area contributed by atoms with E-state index >= 15 is 0 Å². The second kappa shape index (κ2) is 6.49. The summed E-state index contributed by atoms with van der Waals surface area (Å²) in [6.45, 7) is 1.80. The average molecular weight is 338 g/mol. The minimum absolute atomic E-state index is 0.155. The van der Waals surface area contributed by atoms with Crippen LogP contribution in [0.15, 0.2) is 24.3 Å². The summed E-state index contributed by atoms with van der Waals surface area (Å²) in [5.41, 5.74) is 0.961. The van der Waals surface area contributed by atoms with Gasteiger partial charge >= 0.3 is 5.97 Å². The van der Waals surface area contributed by atoms with Gasteiger partial charge in [-0.15, -0.1) is 0 Å². The molecule has 2 fully saturated rings. The summed E-state index contributed by atoms with van der Waals surface area (Å²) < 4.78 is 5.47. The summed E-state index contributed by atoms with van der Waals surface area (Å²) in [4.78, 5) is 23.1. The first-order chi connectivity index (χ1) is 11.0. The number of carbonyl (C=O) groups excluding carboxylic acids is 1. The molecular formula is C17H20ClNO4. The Morgan fingerprint density at radius 1 is 1.22 bits per heavy atom. The third-order valence-corrected chi connectivity index (χ3v) is 5.20. The second-order valence-corrected chi connectivity index (χ2v) is 6.84. The van der Waals surface area contributed by atoms with Gasteiger partial charge in [0, 0.05) is 30.2 Å². The molecule has 6 heteroatoms. The number of hydrogen-bond donors (Lipinski definition) is 2. The molecule has 5 nitrogen and oxygen atoms in total. The van der Waals surface area contributed by atoms with Crippen LogP contribution in [0.2, 0.25) is 5.02 Å². The summed E-state index contributed by atoms with van der Waals surface area (Å²) in [5.74, 6) is -1.94. The van der Waals surface area contributed by atoms with Crippen molar-refractivity contribution in [3.8, 4) is 0 Å². The Morgan fingerprint density at radius 3 is 2.43 bits per heavy atom. The second-order valence-electron chi connectivity index (χ2n) is 6.40. The molecule has 0 aromatic heterocycles. The molecule has 23 heavy (non-hydrogen) atoms. The molecule has 1 heterocycles. The summed E-state index contributed by atoms with van der Waals surface area (Å²) in [6.07, 6.45) is 2.09. The van der Waals surface area contributed by atoms with Crippen molar-refractivity contribution in [2.75, 3.05) is 19.8 Å². The highest BCUT2D eigenvalue weighted by atomic mass is 35.5. The number of nitrogens with one attached hydrogen (secondary N) is 1. The van der Waals surface area contributed by atoms with Gasteiger partial charge in [0.1, 0.15) is 0 Å². The smallest absolute Gasteiger partial charge is 0.307 e. The van der Waals surface area contributed by atoms with Crippen molar-refractivity contribution in [2.45, 2.75) is 24.7 Å². The SMILES string of the molecule is O=C(O)C1CC1C(=O)NCC1(c2ccc(Cl)cc2)CCOCC1. The molecule has 2 unspecified atom stereocenters. The summed E-state index contributed by atoms with van der Waals surface area (Å²) >= 11 is 5.97. The minimum atomic E-state index is -0.886. The van der Waals surface area contributed by atoms with Gasteiger partial charge < -0.3 is 15.2 Å². The van der Waals surface area contributed by atoms with Crippen LogP contribution < -0.4 is 5.32 Å². The van der Waals surface area contributed by atoms with Crippen LogP contribution in [0.5, 0.6) is 0 Å². The minimum Gasteiger partial charge on any atom is -0.481 e. The van der Waals surface area contributed by atoms with E-state index in [1.807, 2.05) is 24.3 Å². The molecule has 1 aliphatic carbocycles. The van der Waals surface area contributed by atoms with Gasteiger partial charge in [0.05, 0.1) is 11.8 Å². The largest absolute Gasteiger partial charge is 0.481 e. The first-order valence-electron chi connectivity index (χ1n) is 7.86. The highest BCUT2D eigenvalue weighted by Gasteiger charge is 2.48. The zero-order valence-corrected chi connectivity index (χ0v) is 13.5. The van der Waals surface area contributed by atoms with E-state index in [0.717, 1.165) is 18.4 Å². The Kier molecular flexibility index (Phi) is 4.60. The van der Waals surface area contributed by atoms with E-state index in [0.29, 0.717) is 31.2 Å². The Balaban J connectivity index is 1.69. The fraction of sp³-hybridized carbons (Fsp3) is 0.529. The Morgan fingerprint density at radius 2 is 1.87 bits per heavy atom. The third kappa shape index (κ3) is 3.51. The van der Waals surface area contributed by atoms with E-state index in [2.05, 4.69) is 5.32 Å². The molecule has 0 radical (unpaired) electrons. The van der Waals surface area contributed by atoms with Crippen molar-refractivity contribution < 1.29 is 19.4 Å². The number of rotatable bonds is 5. The van der Waals surface area contributed by atoms with Gasteiger partial charge in [-0.2, -0.15) is 0 Å². The van der Waals surface area contributed by atoms with Gasteiger partial charge in [-0.05, 0) is 37.0 Å². The molecule has 0 bridgehead atoms. The van der Waals surface area contributed by atoms with E-state index in [-0.39, 0.29) is 17.2 Å². The van der Waals surface area contributed by atoms with Crippen LogP contribution in [0.3, 0.4) is 0 Å². The average Bonchev–Trinajstić information content (AvgIpc) is 3.35. The predicted molar refractivity (Wildman–Crippen MR) is 85.4 cm³/mol. The van der Waals surface area contributed by atoms with Crippen LogP contribution >= 0.6 is 11.6 Å². The number of aliphatic carboxylic acids is 1. The monoisotopic (exact) mass is 337 g/mol. The molecular weight excluding hydrogens is 318 g/mol. The maximum Gasteiger partial charge on any atom is 0.307 e. The maximum absolute atomic E-state index is 12.2. The Labute approximate surface area is 140 Å². The quantitative estimate of drug-likeness (QED) is 0.864. The summed E-state index contributed by atoms with van der Waals surface area (Å²) in [7, 11) is 0. The number of benzene rings is 1. The van der Waals surface area contributed by atoms with Crippen molar-refractivity contribution >= 4 is 23.5 Å². The van der Waals surface area contributed by atoms with Crippen molar-refractivity contribution in [2.24, 2.45) is 11.8 Å². The lowest BCUT2D eigenvalue weighted by molar-refractivity contribution is -0.140. The van der Waals surface area contributed by atoms with E-state index < -0.39 is 11.9 Å². The first-order valence-corrected chi connectivity index (χ1v) is 8.24. The first kappa shape index (κ1) is 16.3. The number of amides is 1. The van der Waals surface area contributed by atoms with Gasteiger partial charge in [-0.1, -0.05) is 23.7 Å². The molecule has 2 N–H and O–H groups in total. The van der Waals surface area contributed by atoms with Crippen molar-refractivity contribution in [3.63, 3.8) is 0 Å². The molecule has 1 aliphatic heterocycles. The lowest BCUT2D eigenvalue weighted by atomic mass is 9.74. The number of ether oxygens (including phenoxy) is 1. The molecule has 2 aliphatic rings. The topological polar surface area (TPSA) is 75.6 Å². The Hall–Kier alpha value is -1.59.